The third kappa shape index (κ3) is 4.45. The molecule has 1 aromatic carbocycles. The predicted molar refractivity (Wildman–Crippen MR) is 110 cm³/mol. The van der Waals surface area contributed by atoms with Crippen LogP contribution in [-0.4, -0.2) is 46.7 Å². The van der Waals surface area contributed by atoms with Crippen molar-refractivity contribution >= 4 is 17.7 Å². The fourth-order valence-electron chi connectivity index (χ4n) is 3.63. The molecule has 1 unspecified atom stereocenters. The highest BCUT2D eigenvalue weighted by atomic mass is 19.1. The summed E-state index contributed by atoms with van der Waals surface area (Å²) in [6.45, 7) is 7.54. The van der Waals surface area contributed by atoms with Crippen molar-refractivity contribution < 1.29 is 23.5 Å². The van der Waals surface area contributed by atoms with Crippen LogP contribution >= 0.6 is 0 Å². The second kappa shape index (κ2) is 8.81. The number of benzene rings is 1. The molecule has 1 aromatic heterocycles. The largest absolute Gasteiger partial charge is 0.461 e. The summed E-state index contributed by atoms with van der Waals surface area (Å²) in [6.07, 6.45) is 2.03. The molecule has 30 heavy (non-hydrogen) atoms. The lowest BCUT2D eigenvalue weighted by Gasteiger charge is -2.29. The minimum absolute atomic E-state index is 0.233. The van der Waals surface area contributed by atoms with Gasteiger partial charge in [0.1, 0.15) is 11.5 Å². The number of hydrogen-bond acceptors (Lipinski definition) is 4. The number of esters is 1. The first-order valence-corrected chi connectivity index (χ1v) is 10.2. The van der Waals surface area contributed by atoms with Gasteiger partial charge in [0, 0.05) is 23.4 Å². The second-order valence-corrected chi connectivity index (χ2v) is 7.79. The Morgan fingerprint density at radius 3 is 2.40 bits per heavy atom. The van der Waals surface area contributed by atoms with Crippen molar-refractivity contribution in [2.75, 3.05) is 13.2 Å². The van der Waals surface area contributed by atoms with Crippen LogP contribution in [0.4, 0.5) is 4.39 Å². The average molecular weight is 414 g/mol. The molecular weight excluding hydrogens is 387 g/mol. The molecule has 0 radical (unpaired) electrons. The Kier molecular flexibility index (Phi) is 6.39. The monoisotopic (exact) mass is 414 g/mol. The van der Waals surface area contributed by atoms with Crippen LogP contribution in [-0.2, 0) is 4.74 Å². The molecular formula is C23H27FN2O4. The Labute approximate surface area is 175 Å². The fourth-order valence-corrected chi connectivity index (χ4v) is 3.63. The van der Waals surface area contributed by atoms with Crippen LogP contribution < -0.4 is 0 Å². The second-order valence-electron chi connectivity index (χ2n) is 7.79. The number of ketones is 1. The minimum atomic E-state index is -0.730. The number of halogens is 1. The lowest BCUT2D eigenvalue weighted by molar-refractivity contribution is 0.0518. The molecule has 1 fully saturated rings. The summed E-state index contributed by atoms with van der Waals surface area (Å²) in [5.41, 5.74) is 2.07. The van der Waals surface area contributed by atoms with E-state index in [0.717, 1.165) is 12.8 Å². The summed E-state index contributed by atoms with van der Waals surface area (Å²) in [6, 6.07) is 4.61. The Morgan fingerprint density at radius 1 is 1.20 bits per heavy atom. The number of nitrogens with one attached hydrogen (secondary N) is 1. The Balaban J connectivity index is 1.90. The molecule has 0 saturated heterocycles. The van der Waals surface area contributed by atoms with Gasteiger partial charge in [-0.05, 0) is 76.3 Å². The zero-order valence-corrected chi connectivity index (χ0v) is 17.8. The van der Waals surface area contributed by atoms with E-state index in [9.17, 15) is 18.8 Å². The van der Waals surface area contributed by atoms with Gasteiger partial charge in [0.25, 0.3) is 5.91 Å². The van der Waals surface area contributed by atoms with Crippen molar-refractivity contribution in [1.29, 1.82) is 0 Å². The summed E-state index contributed by atoms with van der Waals surface area (Å²) in [5, 5.41) is 0. The van der Waals surface area contributed by atoms with Gasteiger partial charge >= 0.3 is 5.97 Å². The molecule has 1 atom stereocenters. The Bertz CT molecular complexity index is 960. The molecule has 6 nitrogen and oxygen atoms in total. The number of ether oxygens (including phenoxy) is 1. The first-order valence-electron chi connectivity index (χ1n) is 10.2. The quantitative estimate of drug-likeness (QED) is 0.522. The Hall–Kier alpha value is -2.96. The van der Waals surface area contributed by atoms with Crippen LogP contribution in [0.3, 0.4) is 0 Å². The van der Waals surface area contributed by atoms with E-state index < -0.39 is 17.8 Å². The van der Waals surface area contributed by atoms with Gasteiger partial charge in [-0.3, -0.25) is 9.59 Å². The summed E-state index contributed by atoms with van der Waals surface area (Å²) in [5.74, 6) is -1.11. The third-order valence-electron chi connectivity index (χ3n) is 5.51. The number of aromatic amines is 1. The predicted octanol–water partition coefficient (Wildman–Crippen LogP) is 4.07. The maximum atomic E-state index is 13.4. The molecule has 0 aliphatic heterocycles. The normalized spacial score (nSPS) is 14.3. The molecule has 1 amide bonds. The van der Waals surface area contributed by atoms with Gasteiger partial charge in [-0.1, -0.05) is 0 Å². The van der Waals surface area contributed by atoms with Crippen LogP contribution in [0.1, 0.15) is 69.2 Å². The van der Waals surface area contributed by atoms with Crippen LogP contribution in [0.5, 0.6) is 0 Å². The van der Waals surface area contributed by atoms with Gasteiger partial charge < -0.3 is 14.6 Å². The van der Waals surface area contributed by atoms with Crippen molar-refractivity contribution in [3.05, 3.63) is 58.2 Å². The van der Waals surface area contributed by atoms with Gasteiger partial charge in [0.15, 0.2) is 5.78 Å². The number of H-pyrrole nitrogens is 1. The zero-order chi connectivity index (χ0) is 22.0. The van der Waals surface area contributed by atoms with Crippen molar-refractivity contribution in [1.82, 2.24) is 9.88 Å². The van der Waals surface area contributed by atoms with Crippen LogP contribution in [0, 0.1) is 25.6 Å². The van der Waals surface area contributed by atoms with Gasteiger partial charge in [0.05, 0.1) is 12.6 Å². The van der Waals surface area contributed by atoms with Crippen molar-refractivity contribution in [2.45, 2.75) is 46.6 Å². The van der Waals surface area contributed by atoms with Gasteiger partial charge in [-0.25, -0.2) is 9.18 Å². The summed E-state index contributed by atoms with van der Waals surface area (Å²) in [7, 11) is 0. The number of aromatic nitrogens is 1. The number of Topliss-reactive ketones (excluding diaryl/α,β-unsaturated/α-hetero) is 1. The van der Waals surface area contributed by atoms with E-state index in [1.54, 1.807) is 32.6 Å². The third-order valence-corrected chi connectivity index (χ3v) is 5.51. The van der Waals surface area contributed by atoms with Gasteiger partial charge in [0.2, 0.25) is 0 Å². The molecule has 3 rings (SSSR count). The molecule has 1 aliphatic rings. The van der Waals surface area contributed by atoms with Crippen molar-refractivity contribution in [3.63, 3.8) is 0 Å². The molecule has 1 N–H and O–H groups in total. The molecule has 1 saturated carbocycles. The molecule has 0 bridgehead atoms. The lowest BCUT2D eigenvalue weighted by Crippen LogP contribution is -2.44. The van der Waals surface area contributed by atoms with E-state index in [4.69, 9.17) is 4.74 Å². The highest BCUT2D eigenvalue weighted by Crippen LogP contribution is 2.32. The van der Waals surface area contributed by atoms with Crippen molar-refractivity contribution in [3.8, 4) is 0 Å². The average Bonchev–Trinajstić information content (AvgIpc) is 3.49. The van der Waals surface area contributed by atoms with Crippen molar-refractivity contribution in [2.24, 2.45) is 5.92 Å². The molecule has 160 valence electrons. The molecule has 2 aromatic rings. The number of carbonyl (C=O) groups is 3. The summed E-state index contributed by atoms with van der Waals surface area (Å²) < 4.78 is 18.3. The van der Waals surface area contributed by atoms with E-state index >= 15 is 0 Å². The maximum Gasteiger partial charge on any atom is 0.355 e. The number of aryl methyl sites for hydroxylation is 1. The number of carbonyl (C=O) groups excluding carboxylic acids is 3. The number of amides is 1. The lowest BCUT2D eigenvalue weighted by atomic mass is 9.99. The first kappa shape index (κ1) is 21.7. The van der Waals surface area contributed by atoms with E-state index in [1.165, 1.54) is 24.3 Å². The van der Waals surface area contributed by atoms with Gasteiger partial charge in [-0.15, -0.1) is 0 Å². The van der Waals surface area contributed by atoms with Crippen LogP contribution in [0.15, 0.2) is 24.3 Å². The Morgan fingerprint density at radius 2 is 1.83 bits per heavy atom. The summed E-state index contributed by atoms with van der Waals surface area (Å²) >= 11 is 0. The number of rotatable bonds is 8. The number of nitrogens with zero attached hydrogens (tertiary/aromatic N) is 1. The highest BCUT2D eigenvalue weighted by Gasteiger charge is 2.35. The summed E-state index contributed by atoms with van der Waals surface area (Å²) in [4.78, 5) is 43.2. The smallest absolute Gasteiger partial charge is 0.355 e. The van der Waals surface area contributed by atoms with Crippen LogP contribution in [0.25, 0.3) is 0 Å². The SMILES string of the molecule is CCOC(=O)c1[nH]c(C)c(C(=O)C(C)N(CC2CC2)C(=O)c2ccc(F)cc2)c1C. The highest BCUT2D eigenvalue weighted by molar-refractivity contribution is 6.07. The zero-order valence-electron chi connectivity index (χ0n) is 17.8. The first-order chi connectivity index (χ1) is 14.2. The van der Waals surface area contributed by atoms with E-state index in [2.05, 4.69) is 4.98 Å². The van der Waals surface area contributed by atoms with E-state index in [-0.39, 0.29) is 24.0 Å². The van der Waals surface area contributed by atoms with E-state index in [1.807, 2.05) is 0 Å². The number of hydrogen-bond donors (Lipinski definition) is 1. The minimum Gasteiger partial charge on any atom is -0.461 e. The molecule has 0 spiro atoms. The molecule has 7 heteroatoms. The van der Waals surface area contributed by atoms with Gasteiger partial charge in [-0.2, -0.15) is 0 Å². The maximum absolute atomic E-state index is 13.4. The molecule has 1 heterocycles. The van der Waals surface area contributed by atoms with Crippen LogP contribution in [0.2, 0.25) is 0 Å². The van der Waals surface area contributed by atoms with E-state index in [0.29, 0.717) is 34.8 Å². The molecule has 1 aliphatic carbocycles. The topological polar surface area (TPSA) is 79.5 Å². The fraction of sp³-hybridized carbons (Fsp3) is 0.435. The standard InChI is InChI=1S/C23H27FN2O4/c1-5-30-23(29)20-13(2)19(14(3)25-20)21(27)15(4)26(12-16-6-7-16)22(28)17-8-10-18(24)11-9-17/h8-11,15-16,25H,5-7,12H2,1-4H3.